The van der Waals surface area contributed by atoms with E-state index in [2.05, 4.69) is 4.90 Å². The summed E-state index contributed by atoms with van der Waals surface area (Å²) in [6, 6.07) is 0.0931. The highest BCUT2D eigenvalue weighted by atomic mass is 32.2. The first kappa shape index (κ1) is 16.8. The van der Waals surface area contributed by atoms with E-state index >= 15 is 0 Å². The Bertz CT molecular complexity index is 390. The fraction of sp³-hybridized carbons (Fsp3) is 0.917. The number of hydrogen-bond acceptors (Lipinski definition) is 4. The van der Waals surface area contributed by atoms with Crippen LogP contribution in [0.3, 0.4) is 0 Å². The summed E-state index contributed by atoms with van der Waals surface area (Å²) in [7, 11) is -3.08. The minimum atomic E-state index is -3.08. The molecule has 5 nitrogen and oxygen atoms in total. The van der Waals surface area contributed by atoms with Crippen LogP contribution in [0.4, 0.5) is 0 Å². The van der Waals surface area contributed by atoms with Crippen molar-refractivity contribution in [2.24, 2.45) is 5.73 Å². The molecule has 0 aliphatic carbocycles. The predicted octanol–water partition coefficient (Wildman–Crippen LogP) is 0.799. The molecule has 1 saturated heterocycles. The lowest BCUT2D eigenvalue weighted by molar-refractivity contribution is 0.165. The average molecular weight is 307 g/mol. The molecular weight excluding hydrogens is 282 g/mol. The smallest absolute Gasteiger partial charge is 0.214 e. The molecule has 0 aromatic rings. The van der Waals surface area contributed by atoms with Gasteiger partial charge in [-0.05, 0) is 12.8 Å². The lowest BCUT2D eigenvalue weighted by Gasteiger charge is -2.38. The number of piperazine rings is 1. The maximum Gasteiger partial charge on any atom is 0.214 e. The third kappa shape index (κ3) is 4.66. The molecular formula is C12H25N3O2S2. The first-order valence-corrected chi connectivity index (χ1v) is 8.95. The molecule has 0 bridgehead atoms. The van der Waals surface area contributed by atoms with Crippen molar-refractivity contribution in [3.05, 3.63) is 0 Å². The first-order valence-electron chi connectivity index (χ1n) is 6.93. The van der Waals surface area contributed by atoms with Gasteiger partial charge in [-0.3, -0.25) is 4.90 Å². The Kier molecular flexibility index (Phi) is 6.65. The Morgan fingerprint density at radius 2 is 1.84 bits per heavy atom. The number of unbranched alkanes of at least 4 members (excludes halogenated alkanes) is 1. The molecule has 2 N–H and O–H groups in total. The highest BCUT2D eigenvalue weighted by Crippen LogP contribution is 2.13. The zero-order chi connectivity index (χ0) is 14.5. The molecule has 1 aliphatic heterocycles. The minimum absolute atomic E-state index is 0.0931. The lowest BCUT2D eigenvalue weighted by atomic mass is 10.1. The van der Waals surface area contributed by atoms with Gasteiger partial charge in [-0.1, -0.05) is 32.5 Å². The molecule has 112 valence electrons. The maximum atomic E-state index is 12.1. The summed E-state index contributed by atoms with van der Waals surface area (Å²) < 4.78 is 25.8. The Morgan fingerprint density at radius 3 is 2.26 bits per heavy atom. The largest absolute Gasteiger partial charge is 0.392 e. The van der Waals surface area contributed by atoms with Crippen molar-refractivity contribution in [1.82, 2.24) is 9.21 Å². The minimum Gasteiger partial charge on any atom is -0.392 e. The molecule has 19 heavy (non-hydrogen) atoms. The van der Waals surface area contributed by atoms with E-state index in [1.807, 2.05) is 13.8 Å². The van der Waals surface area contributed by atoms with Crippen LogP contribution in [0.5, 0.6) is 0 Å². The number of rotatable bonds is 7. The molecule has 0 radical (unpaired) electrons. The van der Waals surface area contributed by atoms with Gasteiger partial charge in [-0.15, -0.1) is 0 Å². The van der Waals surface area contributed by atoms with Crippen molar-refractivity contribution < 1.29 is 8.42 Å². The fourth-order valence-corrected chi connectivity index (χ4v) is 4.34. The van der Waals surface area contributed by atoms with Gasteiger partial charge in [0.1, 0.15) is 0 Å². The highest BCUT2D eigenvalue weighted by molar-refractivity contribution is 7.89. The zero-order valence-electron chi connectivity index (χ0n) is 11.8. The number of nitrogens with two attached hydrogens (primary N) is 1. The number of hydrogen-bond donors (Lipinski definition) is 1. The molecule has 0 spiro atoms. The zero-order valence-corrected chi connectivity index (χ0v) is 13.5. The number of nitrogens with zero attached hydrogens (tertiary/aromatic N) is 2. The maximum absolute atomic E-state index is 12.1. The van der Waals surface area contributed by atoms with Crippen LogP contribution in [0, 0.1) is 0 Å². The monoisotopic (exact) mass is 307 g/mol. The molecule has 0 saturated carbocycles. The second-order valence-corrected chi connectivity index (χ2v) is 7.49. The standard InChI is InChI=1S/C12H25N3O2S2/c1-3-5-10-19(16,17)15-8-6-14(7-9-15)11(4-2)12(13)18/h11H,3-10H2,1-2H3,(H2,13,18). The third-order valence-electron chi connectivity index (χ3n) is 3.58. The van der Waals surface area contributed by atoms with E-state index in [9.17, 15) is 8.42 Å². The second-order valence-electron chi connectivity index (χ2n) is 4.93. The van der Waals surface area contributed by atoms with Crippen LogP contribution in [0.25, 0.3) is 0 Å². The van der Waals surface area contributed by atoms with Crippen LogP contribution in [-0.2, 0) is 10.0 Å². The summed E-state index contributed by atoms with van der Waals surface area (Å²) in [6.45, 7) is 6.56. The molecule has 0 aromatic heterocycles. The van der Waals surface area contributed by atoms with E-state index in [1.165, 1.54) is 0 Å². The van der Waals surface area contributed by atoms with Gasteiger partial charge in [-0.25, -0.2) is 8.42 Å². The van der Waals surface area contributed by atoms with Crippen molar-refractivity contribution in [1.29, 1.82) is 0 Å². The van der Waals surface area contributed by atoms with Crippen molar-refractivity contribution in [2.75, 3.05) is 31.9 Å². The number of sulfonamides is 1. The second kappa shape index (κ2) is 7.52. The van der Waals surface area contributed by atoms with Crippen LogP contribution < -0.4 is 5.73 Å². The van der Waals surface area contributed by atoms with Crippen LogP contribution in [0.15, 0.2) is 0 Å². The van der Waals surface area contributed by atoms with E-state index in [0.717, 1.165) is 19.3 Å². The van der Waals surface area contributed by atoms with Gasteiger partial charge in [0.25, 0.3) is 0 Å². The van der Waals surface area contributed by atoms with Gasteiger partial charge >= 0.3 is 0 Å². The summed E-state index contributed by atoms with van der Waals surface area (Å²) in [6.07, 6.45) is 2.50. The Labute approximate surface area is 122 Å². The van der Waals surface area contributed by atoms with Crippen LogP contribution in [0.1, 0.15) is 33.1 Å². The lowest BCUT2D eigenvalue weighted by Crippen LogP contribution is -2.54. The highest BCUT2D eigenvalue weighted by Gasteiger charge is 2.29. The first-order chi connectivity index (χ1) is 8.92. The molecule has 1 aliphatic rings. The quantitative estimate of drug-likeness (QED) is 0.705. The summed E-state index contributed by atoms with van der Waals surface area (Å²) in [5.41, 5.74) is 5.72. The summed E-state index contributed by atoms with van der Waals surface area (Å²) in [5.74, 6) is 0.260. The normalized spacial score (nSPS) is 20.3. The topological polar surface area (TPSA) is 66.6 Å². The van der Waals surface area contributed by atoms with E-state index in [4.69, 9.17) is 18.0 Å². The van der Waals surface area contributed by atoms with Crippen LogP contribution in [-0.4, -0.2) is 60.6 Å². The van der Waals surface area contributed by atoms with Gasteiger partial charge in [0, 0.05) is 26.2 Å². The van der Waals surface area contributed by atoms with Crippen molar-refractivity contribution in [2.45, 2.75) is 39.2 Å². The summed E-state index contributed by atoms with van der Waals surface area (Å²) in [5, 5.41) is 0. The summed E-state index contributed by atoms with van der Waals surface area (Å²) in [4.78, 5) is 2.69. The van der Waals surface area contributed by atoms with Crippen LogP contribution in [0.2, 0.25) is 0 Å². The Hall–Kier alpha value is -0.240. The fourth-order valence-electron chi connectivity index (χ4n) is 2.39. The summed E-state index contributed by atoms with van der Waals surface area (Å²) >= 11 is 5.06. The molecule has 1 unspecified atom stereocenters. The molecule has 7 heteroatoms. The van der Waals surface area contributed by atoms with Crippen molar-refractivity contribution in [3.63, 3.8) is 0 Å². The average Bonchev–Trinajstić information content (AvgIpc) is 2.37. The van der Waals surface area contributed by atoms with E-state index < -0.39 is 10.0 Å². The van der Waals surface area contributed by atoms with Crippen LogP contribution >= 0.6 is 12.2 Å². The molecule has 1 fully saturated rings. The third-order valence-corrected chi connectivity index (χ3v) is 5.81. The molecule has 0 aromatic carbocycles. The molecule has 1 rings (SSSR count). The molecule has 0 amide bonds. The predicted molar refractivity (Wildman–Crippen MR) is 82.7 cm³/mol. The number of thiocarbonyl (C=S) groups is 1. The molecule has 1 atom stereocenters. The molecule has 1 heterocycles. The van der Waals surface area contributed by atoms with Crippen molar-refractivity contribution in [3.8, 4) is 0 Å². The Balaban J connectivity index is 2.55. The van der Waals surface area contributed by atoms with Gasteiger partial charge in [-0.2, -0.15) is 4.31 Å². The van der Waals surface area contributed by atoms with Gasteiger partial charge < -0.3 is 5.73 Å². The van der Waals surface area contributed by atoms with Crippen molar-refractivity contribution >= 4 is 27.2 Å². The van der Waals surface area contributed by atoms with E-state index in [1.54, 1.807) is 4.31 Å². The Morgan fingerprint density at radius 1 is 1.26 bits per heavy atom. The van der Waals surface area contributed by atoms with Gasteiger partial charge in [0.15, 0.2) is 0 Å². The van der Waals surface area contributed by atoms with E-state index in [0.29, 0.717) is 31.2 Å². The van der Waals surface area contributed by atoms with Gasteiger partial charge in [0.2, 0.25) is 10.0 Å². The SMILES string of the molecule is CCCCS(=O)(=O)N1CCN(C(CC)C(N)=S)CC1. The van der Waals surface area contributed by atoms with E-state index in [-0.39, 0.29) is 11.8 Å². The van der Waals surface area contributed by atoms with Gasteiger partial charge in [0.05, 0.1) is 16.8 Å².